The molecule has 6 nitrogen and oxygen atoms in total. The molecular weight excluding hydrogens is 464 g/mol. The average molecular weight is 523 g/mol. The lowest BCUT2D eigenvalue weighted by Gasteiger charge is -2.59. The zero-order valence-corrected chi connectivity index (χ0v) is 25.9. The fraction of sp³-hybridized carbons (Fsp3) is 0.935. The van der Waals surface area contributed by atoms with E-state index in [2.05, 4.69) is 79.3 Å². The highest BCUT2D eigenvalue weighted by Gasteiger charge is 2.51. The largest absolute Gasteiger partial charge is 0.480 e. The van der Waals surface area contributed by atoms with Crippen molar-refractivity contribution in [2.24, 2.45) is 23.2 Å². The maximum atomic E-state index is 12.3. The van der Waals surface area contributed by atoms with E-state index in [0.29, 0.717) is 30.6 Å². The van der Waals surface area contributed by atoms with Crippen LogP contribution in [0.1, 0.15) is 127 Å². The second kappa shape index (κ2) is 11.2. The third-order valence-corrected chi connectivity index (χ3v) is 10.8. The summed E-state index contributed by atoms with van der Waals surface area (Å²) >= 11 is 0. The number of nitrogens with zero attached hydrogens (tertiary/aromatic N) is 2. The van der Waals surface area contributed by atoms with Crippen LogP contribution in [0.3, 0.4) is 0 Å². The zero-order valence-electron chi connectivity index (χ0n) is 25.9. The van der Waals surface area contributed by atoms with E-state index in [-0.39, 0.29) is 35.0 Å². The number of hydrogen-bond donors (Lipinski definition) is 2. The quantitative estimate of drug-likeness (QED) is 0.287. The number of carboxylic acid groups (broad SMARTS) is 2. The van der Waals surface area contributed by atoms with Gasteiger partial charge >= 0.3 is 11.9 Å². The first-order chi connectivity index (χ1) is 16.7. The third-order valence-electron chi connectivity index (χ3n) is 10.8. The predicted octanol–water partition coefficient (Wildman–Crippen LogP) is 6.92. The molecule has 2 fully saturated rings. The van der Waals surface area contributed by atoms with E-state index in [1.54, 1.807) is 0 Å². The minimum atomic E-state index is -1.67. The Hall–Kier alpha value is -1.14. The first kappa shape index (κ1) is 32.1. The van der Waals surface area contributed by atoms with E-state index in [9.17, 15) is 19.8 Å². The van der Waals surface area contributed by atoms with Gasteiger partial charge in [-0.2, -0.15) is 0 Å². The number of piperidine rings is 2. The van der Waals surface area contributed by atoms with Gasteiger partial charge in [0.05, 0.1) is 0 Å². The molecule has 2 heterocycles. The van der Waals surface area contributed by atoms with Crippen LogP contribution in [0.25, 0.3) is 0 Å². The number of rotatable bonds is 11. The molecule has 2 aliphatic rings. The highest BCUT2D eigenvalue weighted by molar-refractivity contribution is 5.98. The Morgan fingerprint density at radius 2 is 1.05 bits per heavy atom. The van der Waals surface area contributed by atoms with Crippen LogP contribution in [0.4, 0.5) is 0 Å². The van der Waals surface area contributed by atoms with Crippen LogP contribution in [0, 0.1) is 23.2 Å². The predicted molar refractivity (Wildman–Crippen MR) is 152 cm³/mol. The minimum absolute atomic E-state index is 0.0776. The Labute approximate surface area is 227 Å². The van der Waals surface area contributed by atoms with Gasteiger partial charge in [-0.15, -0.1) is 0 Å². The van der Waals surface area contributed by atoms with Crippen molar-refractivity contribution < 1.29 is 19.8 Å². The Kier molecular flexibility index (Phi) is 9.67. The van der Waals surface area contributed by atoms with Crippen molar-refractivity contribution in [3.05, 3.63) is 0 Å². The fourth-order valence-electron chi connectivity index (χ4n) is 8.12. The van der Waals surface area contributed by atoms with E-state index in [4.69, 9.17) is 0 Å². The van der Waals surface area contributed by atoms with Crippen LogP contribution in [0.15, 0.2) is 0 Å². The Morgan fingerprint density at radius 3 is 1.35 bits per heavy atom. The molecule has 2 aliphatic heterocycles. The standard InChI is InChI=1S/C31H58N2O4/c1-12-13-16-31(25(34)35,26(36)37)17-14-15-24(22-18-27(2,3)32(10)28(4,5)19-22)23-20-29(6,7)33(11)30(8,9)21-23/h22-24H,12-21H2,1-11H3,(H,34,35)(H,36,37). The molecule has 2 N–H and O–H groups in total. The van der Waals surface area contributed by atoms with Crippen molar-refractivity contribution in [2.75, 3.05) is 14.1 Å². The number of carbonyl (C=O) groups is 2. The average Bonchev–Trinajstić information content (AvgIpc) is 2.74. The van der Waals surface area contributed by atoms with Crippen molar-refractivity contribution in [1.29, 1.82) is 0 Å². The second-order valence-corrected chi connectivity index (χ2v) is 15.1. The smallest absolute Gasteiger partial charge is 0.321 e. The van der Waals surface area contributed by atoms with Crippen molar-refractivity contribution in [3.63, 3.8) is 0 Å². The summed E-state index contributed by atoms with van der Waals surface area (Å²) in [6.45, 7) is 20.8. The molecule has 0 aromatic carbocycles. The second-order valence-electron chi connectivity index (χ2n) is 15.1. The maximum Gasteiger partial charge on any atom is 0.321 e. The van der Waals surface area contributed by atoms with E-state index in [1.165, 1.54) is 0 Å². The summed E-state index contributed by atoms with van der Waals surface area (Å²) in [6, 6.07) is 0. The summed E-state index contributed by atoms with van der Waals surface area (Å²) in [5.41, 5.74) is -1.36. The molecular formula is C31H58N2O4. The lowest BCUT2D eigenvalue weighted by Crippen LogP contribution is -2.62. The highest BCUT2D eigenvalue weighted by atomic mass is 16.4. The van der Waals surface area contributed by atoms with Crippen LogP contribution in [-0.4, -0.2) is 68.2 Å². The minimum Gasteiger partial charge on any atom is -0.480 e. The van der Waals surface area contributed by atoms with Gasteiger partial charge in [0, 0.05) is 22.2 Å². The molecule has 0 radical (unpaired) electrons. The van der Waals surface area contributed by atoms with Crippen LogP contribution in [0.5, 0.6) is 0 Å². The first-order valence-corrected chi connectivity index (χ1v) is 14.7. The van der Waals surface area contributed by atoms with Crippen molar-refractivity contribution >= 4 is 11.9 Å². The van der Waals surface area contributed by atoms with Gasteiger partial charge in [0.1, 0.15) is 0 Å². The van der Waals surface area contributed by atoms with Gasteiger partial charge in [0.2, 0.25) is 0 Å². The number of likely N-dealkylation sites (tertiary alicyclic amines) is 2. The number of unbranched alkanes of at least 4 members (excludes halogenated alkanes) is 1. The normalized spacial score (nSPS) is 24.9. The fourth-order valence-corrected chi connectivity index (χ4v) is 8.12. The van der Waals surface area contributed by atoms with Gasteiger partial charge in [-0.25, -0.2) is 0 Å². The third kappa shape index (κ3) is 6.72. The SMILES string of the molecule is CCCCC(CCCC(C1CC(C)(C)N(C)C(C)(C)C1)C1CC(C)(C)N(C)C(C)(C)C1)(C(=O)O)C(=O)O. The summed E-state index contributed by atoms with van der Waals surface area (Å²) in [5, 5.41) is 20.0. The molecule has 2 rings (SSSR count). The Balaban J connectivity index is 2.40. The van der Waals surface area contributed by atoms with Crippen LogP contribution in [0.2, 0.25) is 0 Å². The lowest BCUT2D eigenvalue weighted by atomic mass is 9.60. The van der Waals surface area contributed by atoms with Crippen molar-refractivity contribution in [3.8, 4) is 0 Å². The number of hydrogen-bond acceptors (Lipinski definition) is 4. The van der Waals surface area contributed by atoms with Crippen molar-refractivity contribution in [1.82, 2.24) is 9.80 Å². The van der Waals surface area contributed by atoms with Gasteiger partial charge in [-0.05, 0) is 132 Å². The van der Waals surface area contributed by atoms with Gasteiger partial charge in [0.15, 0.2) is 5.41 Å². The molecule has 2 saturated heterocycles. The van der Waals surface area contributed by atoms with Crippen molar-refractivity contribution in [2.45, 2.75) is 149 Å². The molecule has 0 unspecified atom stereocenters. The number of carboxylic acids is 2. The molecule has 0 amide bonds. The van der Waals surface area contributed by atoms with E-state index in [0.717, 1.165) is 38.5 Å². The van der Waals surface area contributed by atoms with Gasteiger partial charge in [-0.1, -0.05) is 26.2 Å². The summed E-state index contributed by atoms with van der Waals surface area (Å²) in [6.07, 6.45) is 7.85. The molecule has 0 bridgehead atoms. The van der Waals surface area contributed by atoms with Gasteiger partial charge < -0.3 is 10.2 Å². The molecule has 37 heavy (non-hydrogen) atoms. The summed E-state index contributed by atoms with van der Waals surface area (Å²) in [4.78, 5) is 29.6. The lowest BCUT2D eigenvalue weighted by molar-refractivity contribution is -0.166. The molecule has 6 heteroatoms. The number of aliphatic carboxylic acids is 2. The van der Waals surface area contributed by atoms with Gasteiger partial charge in [0.25, 0.3) is 0 Å². The summed E-state index contributed by atoms with van der Waals surface area (Å²) in [7, 11) is 4.49. The Morgan fingerprint density at radius 1 is 0.730 bits per heavy atom. The molecule has 0 aromatic heterocycles. The molecule has 0 saturated carbocycles. The molecule has 0 spiro atoms. The first-order valence-electron chi connectivity index (χ1n) is 14.7. The van der Waals surface area contributed by atoms with E-state index >= 15 is 0 Å². The van der Waals surface area contributed by atoms with E-state index in [1.807, 2.05) is 6.92 Å². The monoisotopic (exact) mass is 522 g/mol. The van der Waals surface area contributed by atoms with Crippen LogP contribution < -0.4 is 0 Å². The molecule has 0 aliphatic carbocycles. The van der Waals surface area contributed by atoms with E-state index < -0.39 is 17.4 Å². The maximum absolute atomic E-state index is 12.3. The zero-order chi connectivity index (χ0) is 28.6. The Bertz CT molecular complexity index is 724. The van der Waals surface area contributed by atoms with Crippen LogP contribution in [-0.2, 0) is 9.59 Å². The van der Waals surface area contributed by atoms with Gasteiger partial charge in [-0.3, -0.25) is 19.4 Å². The molecule has 216 valence electrons. The van der Waals surface area contributed by atoms with Crippen LogP contribution >= 0.6 is 0 Å². The molecule has 0 atom stereocenters. The topological polar surface area (TPSA) is 81.1 Å². The highest BCUT2D eigenvalue weighted by Crippen LogP contribution is 2.51. The summed E-state index contributed by atoms with van der Waals surface area (Å²) < 4.78 is 0. The molecule has 0 aromatic rings. The summed E-state index contributed by atoms with van der Waals surface area (Å²) in [5.74, 6) is -0.839.